The first-order valence-corrected chi connectivity index (χ1v) is 10.1. The number of imidazole rings is 1. The van der Waals surface area contributed by atoms with Crippen LogP contribution in [0, 0.1) is 5.92 Å². The molecule has 0 aromatic carbocycles. The molecule has 0 saturated carbocycles. The van der Waals surface area contributed by atoms with Crippen molar-refractivity contribution in [2.24, 2.45) is 5.92 Å². The molecule has 29 heavy (non-hydrogen) atoms. The van der Waals surface area contributed by atoms with Gasteiger partial charge < -0.3 is 14.8 Å². The van der Waals surface area contributed by atoms with Crippen molar-refractivity contribution in [3.05, 3.63) is 72.7 Å². The first-order chi connectivity index (χ1) is 14.3. The van der Waals surface area contributed by atoms with Crippen molar-refractivity contribution in [1.82, 2.24) is 24.4 Å². The maximum Gasteiger partial charge on any atom is 0.255 e. The van der Waals surface area contributed by atoms with Gasteiger partial charge in [0.25, 0.3) is 5.91 Å². The summed E-state index contributed by atoms with van der Waals surface area (Å²) >= 11 is 0. The third kappa shape index (κ3) is 5.19. The van der Waals surface area contributed by atoms with E-state index < -0.39 is 0 Å². The number of carbonyl (C=O) groups excluding carboxylic acids is 1. The van der Waals surface area contributed by atoms with Crippen LogP contribution < -0.4 is 5.32 Å². The number of hydrogen-bond donors (Lipinski definition) is 1. The molecule has 150 valence electrons. The number of carbonyl (C=O) groups is 1. The van der Waals surface area contributed by atoms with Crippen molar-refractivity contribution >= 4 is 11.7 Å². The predicted octanol–water partition coefficient (Wildman–Crippen LogP) is 2.88. The number of nitrogens with zero attached hydrogens (tertiary/aromatic N) is 5. The maximum atomic E-state index is 12.9. The topological polar surface area (TPSA) is 75.9 Å². The number of likely N-dealkylation sites (tertiary alicyclic amines) is 1. The van der Waals surface area contributed by atoms with Crippen molar-refractivity contribution in [1.29, 1.82) is 0 Å². The molecule has 1 unspecified atom stereocenters. The summed E-state index contributed by atoms with van der Waals surface area (Å²) in [4.78, 5) is 27.7. The zero-order chi connectivity index (χ0) is 19.9. The second-order valence-corrected chi connectivity index (χ2v) is 7.45. The molecule has 0 aliphatic carbocycles. The number of aromatic nitrogens is 4. The second kappa shape index (κ2) is 9.32. The molecule has 0 bridgehead atoms. The summed E-state index contributed by atoms with van der Waals surface area (Å²) in [5.41, 5.74) is 1.69. The number of pyridine rings is 2. The average molecular weight is 390 g/mol. The van der Waals surface area contributed by atoms with E-state index in [0.717, 1.165) is 57.0 Å². The number of anilines is 1. The van der Waals surface area contributed by atoms with Gasteiger partial charge in [0.05, 0.1) is 11.9 Å². The van der Waals surface area contributed by atoms with Gasteiger partial charge in [-0.05, 0) is 43.0 Å². The van der Waals surface area contributed by atoms with Gasteiger partial charge in [-0.2, -0.15) is 0 Å². The first kappa shape index (κ1) is 19.1. The lowest BCUT2D eigenvalue weighted by atomic mass is 9.97. The Balaban J connectivity index is 1.29. The lowest BCUT2D eigenvalue weighted by Crippen LogP contribution is -2.41. The van der Waals surface area contributed by atoms with Gasteiger partial charge in [0.2, 0.25) is 0 Å². The van der Waals surface area contributed by atoms with Crippen molar-refractivity contribution in [2.75, 3.05) is 25.0 Å². The van der Waals surface area contributed by atoms with Crippen LogP contribution in [0.3, 0.4) is 0 Å². The Morgan fingerprint density at radius 2 is 2.14 bits per heavy atom. The Morgan fingerprint density at radius 3 is 2.90 bits per heavy atom. The van der Waals surface area contributed by atoms with Crippen LogP contribution in [0.25, 0.3) is 0 Å². The lowest BCUT2D eigenvalue weighted by molar-refractivity contribution is 0.0662. The monoisotopic (exact) mass is 390 g/mol. The van der Waals surface area contributed by atoms with E-state index in [4.69, 9.17) is 0 Å². The molecule has 1 atom stereocenters. The molecule has 7 nitrogen and oxygen atoms in total. The SMILES string of the molecule is O=C(c1ccc(NCCc2ccccn2)nc1)N1CCCC(Cn2ccnc2)C1. The number of amides is 1. The quantitative estimate of drug-likeness (QED) is 0.671. The number of rotatable bonds is 7. The van der Waals surface area contributed by atoms with E-state index in [9.17, 15) is 4.79 Å². The van der Waals surface area contributed by atoms with Crippen molar-refractivity contribution in [2.45, 2.75) is 25.8 Å². The van der Waals surface area contributed by atoms with Gasteiger partial charge in [0, 0.05) is 63.1 Å². The van der Waals surface area contributed by atoms with Crippen LogP contribution in [0.15, 0.2) is 61.4 Å². The summed E-state index contributed by atoms with van der Waals surface area (Å²) in [7, 11) is 0. The Morgan fingerprint density at radius 1 is 1.17 bits per heavy atom. The molecule has 1 saturated heterocycles. The minimum Gasteiger partial charge on any atom is -0.370 e. The molecule has 1 N–H and O–H groups in total. The molecule has 1 aliphatic rings. The van der Waals surface area contributed by atoms with E-state index in [0.29, 0.717) is 11.5 Å². The Kier molecular flexibility index (Phi) is 6.14. The van der Waals surface area contributed by atoms with Crippen LogP contribution in [0.4, 0.5) is 5.82 Å². The molecular weight excluding hydrogens is 364 g/mol. The summed E-state index contributed by atoms with van der Waals surface area (Å²) in [6.45, 7) is 3.24. The lowest BCUT2D eigenvalue weighted by Gasteiger charge is -2.33. The zero-order valence-corrected chi connectivity index (χ0v) is 16.4. The minimum absolute atomic E-state index is 0.0628. The normalized spacial score (nSPS) is 16.6. The van der Waals surface area contributed by atoms with E-state index in [1.807, 2.05) is 47.8 Å². The van der Waals surface area contributed by atoms with Crippen LogP contribution >= 0.6 is 0 Å². The van der Waals surface area contributed by atoms with Crippen molar-refractivity contribution in [3.63, 3.8) is 0 Å². The number of hydrogen-bond acceptors (Lipinski definition) is 5. The molecule has 3 aromatic rings. The standard InChI is InChI=1S/C22H26N6O/c29-22(28-12-3-4-18(16-28)15-27-13-11-23-17-27)19-6-7-21(26-14-19)25-10-8-20-5-1-2-9-24-20/h1-2,5-7,9,11,13-14,17-18H,3-4,8,10,12,15-16H2,(H,25,26). The smallest absolute Gasteiger partial charge is 0.255 e. The molecule has 4 rings (SSSR count). The first-order valence-electron chi connectivity index (χ1n) is 10.1. The van der Waals surface area contributed by atoms with Gasteiger partial charge in [0.15, 0.2) is 0 Å². The predicted molar refractivity (Wildman–Crippen MR) is 112 cm³/mol. The van der Waals surface area contributed by atoms with Crippen LogP contribution in [-0.4, -0.2) is 50.0 Å². The molecule has 1 aliphatic heterocycles. The number of piperidine rings is 1. The Bertz CT molecular complexity index is 895. The fourth-order valence-corrected chi connectivity index (χ4v) is 3.76. The van der Waals surface area contributed by atoms with Gasteiger partial charge >= 0.3 is 0 Å². The molecule has 0 radical (unpaired) electrons. The van der Waals surface area contributed by atoms with E-state index in [-0.39, 0.29) is 5.91 Å². The summed E-state index contributed by atoms with van der Waals surface area (Å²) in [5.74, 6) is 1.30. The molecule has 1 fully saturated rings. The molecule has 3 aromatic heterocycles. The molecule has 4 heterocycles. The van der Waals surface area contributed by atoms with Crippen molar-refractivity contribution < 1.29 is 4.79 Å². The highest BCUT2D eigenvalue weighted by Crippen LogP contribution is 2.20. The third-order valence-electron chi connectivity index (χ3n) is 5.26. The Hall–Kier alpha value is -3.22. The van der Waals surface area contributed by atoms with Crippen LogP contribution in [0.2, 0.25) is 0 Å². The summed E-state index contributed by atoms with van der Waals surface area (Å²) < 4.78 is 2.09. The van der Waals surface area contributed by atoms with Crippen LogP contribution in [-0.2, 0) is 13.0 Å². The van der Waals surface area contributed by atoms with E-state index in [1.165, 1.54) is 0 Å². The van der Waals surface area contributed by atoms with Gasteiger partial charge in [-0.15, -0.1) is 0 Å². The summed E-state index contributed by atoms with van der Waals surface area (Å²) in [6, 6.07) is 9.64. The fourth-order valence-electron chi connectivity index (χ4n) is 3.76. The summed E-state index contributed by atoms with van der Waals surface area (Å²) in [6.07, 6.45) is 12.1. The van der Waals surface area contributed by atoms with Gasteiger partial charge in [-0.3, -0.25) is 9.78 Å². The van der Waals surface area contributed by atoms with Crippen LogP contribution in [0.5, 0.6) is 0 Å². The Labute approximate surface area is 170 Å². The van der Waals surface area contributed by atoms with E-state index in [1.54, 1.807) is 18.6 Å². The molecule has 7 heteroatoms. The fraction of sp³-hybridized carbons (Fsp3) is 0.364. The highest BCUT2D eigenvalue weighted by Gasteiger charge is 2.24. The second-order valence-electron chi connectivity index (χ2n) is 7.45. The van der Waals surface area contributed by atoms with E-state index in [2.05, 4.69) is 24.8 Å². The van der Waals surface area contributed by atoms with Crippen molar-refractivity contribution in [3.8, 4) is 0 Å². The average Bonchev–Trinajstić information content (AvgIpc) is 3.28. The third-order valence-corrected chi connectivity index (χ3v) is 5.26. The molecular formula is C22H26N6O. The highest BCUT2D eigenvalue weighted by atomic mass is 16.2. The van der Waals surface area contributed by atoms with Gasteiger partial charge in [-0.1, -0.05) is 6.07 Å². The zero-order valence-electron chi connectivity index (χ0n) is 16.4. The highest BCUT2D eigenvalue weighted by molar-refractivity contribution is 5.94. The number of nitrogens with one attached hydrogen (secondary N) is 1. The summed E-state index contributed by atoms with van der Waals surface area (Å²) in [5, 5.41) is 3.29. The molecule has 0 spiro atoms. The van der Waals surface area contributed by atoms with Crippen LogP contribution in [0.1, 0.15) is 28.9 Å². The minimum atomic E-state index is 0.0628. The molecule has 1 amide bonds. The largest absolute Gasteiger partial charge is 0.370 e. The maximum absolute atomic E-state index is 12.9. The van der Waals surface area contributed by atoms with Gasteiger partial charge in [0.1, 0.15) is 5.82 Å². The van der Waals surface area contributed by atoms with E-state index >= 15 is 0 Å². The van der Waals surface area contributed by atoms with Gasteiger partial charge in [-0.25, -0.2) is 9.97 Å².